The molecule has 0 spiro atoms. The topological polar surface area (TPSA) is 69.6 Å². The molecule has 1 fully saturated rings. The summed E-state index contributed by atoms with van der Waals surface area (Å²) in [6.07, 6.45) is 0.894. The Morgan fingerprint density at radius 2 is 2.05 bits per heavy atom. The minimum atomic E-state index is -0.899. The van der Waals surface area contributed by atoms with Crippen LogP contribution >= 0.6 is 15.9 Å². The van der Waals surface area contributed by atoms with Crippen molar-refractivity contribution in [2.45, 2.75) is 24.8 Å². The summed E-state index contributed by atoms with van der Waals surface area (Å²) in [5.74, 6) is -0.538. The normalized spacial score (nSPS) is 20.3. The number of carbonyl (C=O) groups is 2. The van der Waals surface area contributed by atoms with Gasteiger partial charge in [-0.15, -0.1) is 0 Å². The van der Waals surface area contributed by atoms with Crippen molar-refractivity contribution in [1.29, 1.82) is 0 Å². The Morgan fingerprint density at radius 3 is 2.65 bits per heavy atom. The second kappa shape index (κ2) is 6.26. The van der Waals surface area contributed by atoms with E-state index in [1.165, 1.54) is 10.5 Å². The molecule has 0 aromatic heterocycles. The van der Waals surface area contributed by atoms with Gasteiger partial charge in [-0.05, 0) is 24.1 Å². The van der Waals surface area contributed by atoms with Crippen LogP contribution in [0.15, 0.2) is 28.7 Å². The van der Waals surface area contributed by atoms with Gasteiger partial charge < -0.3 is 15.3 Å². The molecule has 0 aliphatic heterocycles. The maximum absolute atomic E-state index is 11.9. The lowest BCUT2D eigenvalue weighted by Crippen LogP contribution is -2.39. The number of rotatable bonds is 5. The number of benzene rings is 1. The number of urea groups is 1. The fourth-order valence-corrected chi connectivity index (χ4v) is 2.33. The Bertz CT molecular complexity index is 504. The van der Waals surface area contributed by atoms with Gasteiger partial charge in [0.2, 0.25) is 0 Å². The first-order valence-corrected chi connectivity index (χ1v) is 7.25. The number of carboxylic acid groups (broad SMARTS) is 1. The summed E-state index contributed by atoms with van der Waals surface area (Å²) in [7, 11) is 1.61. The summed E-state index contributed by atoms with van der Waals surface area (Å²) in [5.41, 5.74) is 1.21. The summed E-state index contributed by atoms with van der Waals surface area (Å²) in [6, 6.07) is 8.02. The molecule has 6 heteroatoms. The SMILES string of the molecule is CN(CCC(=O)O)C(=O)N[C@@H]1C[C@H]1c1ccc(Br)cc1. The van der Waals surface area contributed by atoms with Gasteiger partial charge in [-0.25, -0.2) is 4.79 Å². The van der Waals surface area contributed by atoms with Crippen LogP contribution in [-0.4, -0.2) is 41.6 Å². The highest BCUT2D eigenvalue weighted by atomic mass is 79.9. The van der Waals surface area contributed by atoms with E-state index in [0.29, 0.717) is 5.92 Å². The molecule has 2 amide bonds. The molecule has 2 atom stereocenters. The van der Waals surface area contributed by atoms with Crippen molar-refractivity contribution in [2.24, 2.45) is 0 Å². The number of amides is 2. The number of nitrogens with zero attached hydrogens (tertiary/aromatic N) is 1. The maximum atomic E-state index is 11.9. The van der Waals surface area contributed by atoms with E-state index in [0.717, 1.165) is 10.9 Å². The molecular formula is C14H17BrN2O3. The zero-order valence-corrected chi connectivity index (χ0v) is 12.8. The van der Waals surface area contributed by atoms with Gasteiger partial charge in [0.05, 0.1) is 6.42 Å². The van der Waals surface area contributed by atoms with E-state index in [4.69, 9.17) is 5.11 Å². The van der Waals surface area contributed by atoms with Crippen molar-refractivity contribution < 1.29 is 14.7 Å². The Hall–Kier alpha value is -1.56. The van der Waals surface area contributed by atoms with Crippen LogP contribution in [0.2, 0.25) is 0 Å². The standard InChI is InChI=1S/C14H17BrN2O3/c1-17(7-6-13(18)19)14(20)16-12-8-11(12)9-2-4-10(15)5-3-9/h2-5,11-12H,6-8H2,1H3,(H,16,20)(H,18,19)/t11-,12+/m0/s1. The lowest BCUT2D eigenvalue weighted by Gasteiger charge is -2.17. The second-order valence-electron chi connectivity index (χ2n) is 5.02. The van der Waals surface area contributed by atoms with Gasteiger partial charge in [-0.3, -0.25) is 4.79 Å². The Morgan fingerprint density at radius 1 is 1.40 bits per heavy atom. The number of hydrogen-bond donors (Lipinski definition) is 2. The zero-order valence-electron chi connectivity index (χ0n) is 11.2. The van der Waals surface area contributed by atoms with Crippen LogP contribution in [0, 0.1) is 0 Å². The first-order valence-electron chi connectivity index (χ1n) is 6.46. The molecule has 0 bridgehead atoms. The zero-order chi connectivity index (χ0) is 14.7. The van der Waals surface area contributed by atoms with E-state index in [9.17, 15) is 9.59 Å². The average molecular weight is 341 g/mol. The molecule has 0 radical (unpaired) electrons. The van der Waals surface area contributed by atoms with Crippen molar-refractivity contribution in [1.82, 2.24) is 10.2 Å². The number of carbonyl (C=O) groups excluding carboxylic acids is 1. The smallest absolute Gasteiger partial charge is 0.317 e. The van der Waals surface area contributed by atoms with Gasteiger partial charge in [-0.1, -0.05) is 28.1 Å². The maximum Gasteiger partial charge on any atom is 0.317 e. The van der Waals surface area contributed by atoms with Crippen LogP contribution < -0.4 is 5.32 Å². The Kier molecular flexibility index (Phi) is 4.65. The minimum absolute atomic E-state index is 0.0370. The predicted octanol–water partition coefficient (Wildman–Crippen LogP) is 2.42. The number of hydrogen-bond acceptors (Lipinski definition) is 2. The summed E-state index contributed by atoms with van der Waals surface area (Å²) >= 11 is 3.39. The molecule has 0 heterocycles. The quantitative estimate of drug-likeness (QED) is 0.864. The van der Waals surface area contributed by atoms with Crippen molar-refractivity contribution >= 4 is 27.9 Å². The molecule has 1 saturated carbocycles. The molecule has 0 unspecified atom stereocenters. The summed E-state index contributed by atoms with van der Waals surface area (Å²) in [6.45, 7) is 0.219. The van der Waals surface area contributed by atoms with Crippen LogP contribution in [0.3, 0.4) is 0 Å². The Balaban J connectivity index is 1.79. The highest BCUT2D eigenvalue weighted by molar-refractivity contribution is 9.10. The third-order valence-electron chi connectivity index (χ3n) is 3.41. The van der Waals surface area contributed by atoms with Gasteiger partial charge in [0, 0.05) is 30.0 Å². The van der Waals surface area contributed by atoms with Crippen LogP contribution in [-0.2, 0) is 4.79 Å². The number of halogens is 1. The Labute approximate surface area is 126 Å². The van der Waals surface area contributed by atoms with Gasteiger partial charge >= 0.3 is 12.0 Å². The van der Waals surface area contributed by atoms with E-state index in [2.05, 4.69) is 33.4 Å². The highest BCUT2D eigenvalue weighted by Crippen LogP contribution is 2.41. The first kappa shape index (κ1) is 14.8. The predicted molar refractivity (Wildman–Crippen MR) is 78.7 cm³/mol. The van der Waals surface area contributed by atoms with Crippen LogP contribution in [0.5, 0.6) is 0 Å². The molecule has 1 aromatic carbocycles. The monoisotopic (exact) mass is 340 g/mol. The second-order valence-corrected chi connectivity index (χ2v) is 5.93. The highest BCUT2D eigenvalue weighted by Gasteiger charge is 2.39. The van der Waals surface area contributed by atoms with Crippen molar-refractivity contribution in [3.05, 3.63) is 34.3 Å². The third kappa shape index (κ3) is 3.96. The van der Waals surface area contributed by atoms with Crippen LogP contribution in [0.4, 0.5) is 4.79 Å². The third-order valence-corrected chi connectivity index (χ3v) is 3.93. The van der Waals surface area contributed by atoms with Crippen LogP contribution in [0.1, 0.15) is 24.3 Å². The average Bonchev–Trinajstić information content (AvgIpc) is 3.15. The van der Waals surface area contributed by atoms with Crippen molar-refractivity contribution in [2.75, 3.05) is 13.6 Å². The molecule has 2 rings (SSSR count). The summed E-state index contributed by atoms with van der Waals surface area (Å²) in [4.78, 5) is 23.7. The molecule has 1 aliphatic carbocycles. The molecule has 5 nitrogen and oxygen atoms in total. The molecule has 1 aromatic rings. The van der Waals surface area contributed by atoms with Gasteiger partial charge in [-0.2, -0.15) is 0 Å². The molecule has 0 saturated heterocycles. The van der Waals surface area contributed by atoms with E-state index < -0.39 is 5.97 Å². The molecule has 108 valence electrons. The molecule has 20 heavy (non-hydrogen) atoms. The lowest BCUT2D eigenvalue weighted by molar-refractivity contribution is -0.137. The van der Waals surface area contributed by atoms with Crippen LogP contribution in [0.25, 0.3) is 0 Å². The molecule has 2 N–H and O–H groups in total. The number of nitrogens with one attached hydrogen (secondary N) is 1. The molecule has 1 aliphatic rings. The first-order chi connectivity index (χ1) is 9.47. The van der Waals surface area contributed by atoms with E-state index in [1.807, 2.05) is 12.1 Å². The lowest BCUT2D eigenvalue weighted by atomic mass is 10.1. The van der Waals surface area contributed by atoms with E-state index >= 15 is 0 Å². The van der Waals surface area contributed by atoms with Crippen molar-refractivity contribution in [3.8, 4) is 0 Å². The van der Waals surface area contributed by atoms with Gasteiger partial charge in [0.25, 0.3) is 0 Å². The largest absolute Gasteiger partial charge is 0.481 e. The summed E-state index contributed by atoms with van der Waals surface area (Å²) in [5, 5.41) is 11.5. The summed E-state index contributed by atoms with van der Waals surface area (Å²) < 4.78 is 1.04. The minimum Gasteiger partial charge on any atom is -0.481 e. The fraction of sp³-hybridized carbons (Fsp3) is 0.429. The van der Waals surface area contributed by atoms with Gasteiger partial charge in [0.15, 0.2) is 0 Å². The number of carboxylic acids is 1. The number of aliphatic carboxylic acids is 1. The molecular weight excluding hydrogens is 324 g/mol. The van der Waals surface area contributed by atoms with E-state index in [1.54, 1.807) is 7.05 Å². The van der Waals surface area contributed by atoms with E-state index in [-0.39, 0.29) is 25.0 Å². The fourth-order valence-electron chi connectivity index (χ4n) is 2.07. The van der Waals surface area contributed by atoms with Gasteiger partial charge in [0.1, 0.15) is 0 Å². The van der Waals surface area contributed by atoms with Crippen molar-refractivity contribution in [3.63, 3.8) is 0 Å².